The molecule has 4 heteroatoms. The van der Waals surface area contributed by atoms with E-state index in [9.17, 15) is 5.11 Å². The summed E-state index contributed by atoms with van der Waals surface area (Å²) >= 11 is 0. The van der Waals surface area contributed by atoms with E-state index in [2.05, 4.69) is 11.8 Å². The highest BCUT2D eigenvalue weighted by atomic mass is 16.3. The number of benzene rings is 1. The Bertz CT molecular complexity index is 344. The first kappa shape index (κ1) is 15.0. The number of anilines is 1. The van der Waals surface area contributed by atoms with Crippen molar-refractivity contribution in [3.63, 3.8) is 0 Å². The standard InChI is InChI=1S/C14H24N2O2/c1-2-3-7-16(8-9-17)11-14(18)12-5-4-6-13(15)10-12/h4-6,10,14,17-18H,2-3,7-9,11,15H2,1H3. The van der Waals surface area contributed by atoms with Crippen LogP contribution in [0.1, 0.15) is 31.4 Å². The Kier molecular flexibility index (Phi) is 6.72. The molecule has 0 heterocycles. The molecular weight excluding hydrogens is 228 g/mol. The van der Waals surface area contributed by atoms with Crippen molar-refractivity contribution in [3.8, 4) is 0 Å². The van der Waals surface area contributed by atoms with Crippen LogP contribution in [0.4, 0.5) is 5.69 Å². The number of nitrogen functional groups attached to an aromatic ring is 1. The predicted octanol–water partition coefficient (Wildman–Crippen LogP) is 1.40. The van der Waals surface area contributed by atoms with Crippen molar-refractivity contribution in [2.75, 3.05) is 32.0 Å². The molecule has 0 amide bonds. The molecule has 1 unspecified atom stereocenters. The molecule has 0 aromatic heterocycles. The van der Waals surface area contributed by atoms with Gasteiger partial charge in [-0.15, -0.1) is 0 Å². The maximum Gasteiger partial charge on any atom is 0.0917 e. The number of aliphatic hydroxyl groups is 2. The van der Waals surface area contributed by atoms with E-state index in [0.29, 0.717) is 18.8 Å². The smallest absolute Gasteiger partial charge is 0.0917 e. The topological polar surface area (TPSA) is 69.7 Å². The van der Waals surface area contributed by atoms with Gasteiger partial charge in [-0.2, -0.15) is 0 Å². The molecule has 0 aliphatic carbocycles. The second-order valence-electron chi connectivity index (χ2n) is 4.56. The number of hydrogen-bond donors (Lipinski definition) is 3. The van der Waals surface area contributed by atoms with Gasteiger partial charge in [0.05, 0.1) is 12.7 Å². The second-order valence-corrected chi connectivity index (χ2v) is 4.56. The quantitative estimate of drug-likeness (QED) is 0.612. The van der Waals surface area contributed by atoms with Gasteiger partial charge in [0.25, 0.3) is 0 Å². The zero-order chi connectivity index (χ0) is 13.4. The Labute approximate surface area is 109 Å². The number of aliphatic hydroxyl groups excluding tert-OH is 2. The summed E-state index contributed by atoms with van der Waals surface area (Å²) in [6, 6.07) is 7.31. The highest BCUT2D eigenvalue weighted by molar-refractivity contribution is 5.41. The average molecular weight is 252 g/mol. The molecule has 102 valence electrons. The van der Waals surface area contributed by atoms with Crippen LogP contribution in [0.3, 0.4) is 0 Å². The third kappa shape index (κ3) is 5.04. The van der Waals surface area contributed by atoms with Crippen molar-refractivity contribution in [1.82, 2.24) is 4.90 Å². The van der Waals surface area contributed by atoms with Crippen LogP contribution in [0.25, 0.3) is 0 Å². The highest BCUT2D eigenvalue weighted by Gasteiger charge is 2.13. The summed E-state index contributed by atoms with van der Waals surface area (Å²) in [5.41, 5.74) is 7.19. The third-order valence-electron chi connectivity index (χ3n) is 2.97. The monoisotopic (exact) mass is 252 g/mol. The molecule has 0 saturated heterocycles. The van der Waals surface area contributed by atoms with Crippen LogP contribution in [-0.2, 0) is 0 Å². The maximum atomic E-state index is 10.2. The average Bonchev–Trinajstić information content (AvgIpc) is 2.36. The molecule has 1 rings (SSSR count). The minimum absolute atomic E-state index is 0.118. The molecule has 0 bridgehead atoms. The molecule has 0 radical (unpaired) electrons. The van der Waals surface area contributed by atoms with Crippen molar-refractivity contribution in [2.45, 2.75) is 25.9 Å². The van der Waals surface area contributed by atoms with Gasteiger partial charge >= 0.3 is 0 Å². The van der Waals surface area contributed by atoms with Crippen LogP contribution >= 0.6 is 0 Å². The molecule has 0 fully saturated rings. The van der Waals surface area contributed by atoms with Gasteiger partial charge in [-0.25, -0.2) is 0 Å². The summed E-state index contributed by atoms with van der Waals surface area (Å²) in [6.45, 7) is 4.28. The summed E-state index contributed by atoms with van der Waals surface area (Å²) in [7, 11) is 0. The van der Waals surface area contributed by atoms with E-state index in [1.54, 1.807) is 12.1 Å². The SMILES string of the molecule is CCCCN(CCO)CC(O)c1cccc(N)c1. The molecule has 1 atom stereocenters. The van der Waals surface area contributed by atoms with Gasteiger partial charge in [0.15, 0.2) is 0 Å². The van der Waals surface area contributed by atoms with Crippen LogP contribution in [0.2, 0.25) is 0 Å². The molecule has 1 aromatic rings. The molecule has 4 nitrogen and oxygen atoms in total. The lowest BCUT2D eigenvalue weighted by Gasteiger charge is -2.24. The van der Waals surface area contributed by atoms with E-state index in [1.807, 2.05) is 12.1 Å². The molecule has 0 spiro atoms. The van der Waals surface area contributed by atoms with Crippen LogP contribution in [0, 0.1) is 0 Å². The molecule has 0 saturated carbocycles. The number of nitrogens with zero attached hydrogens (tertiary/aromatic N) is 1. The lowest BCUT2D eigenvalue weighted by molar-refractivity contribution is 0.0989. The molecule has 18 heavy (non-hydrogen) atoms. The lowest BCUT2D eigenvalue weighted by Crippen LogP contribution is -2.32. The highest BCUT2D eigenvalue weighted by Crippen LogP contribution is 2.17. The van der Waals surface area contributed by atoms with Crippen molar-refractivity contribution in [3.05, 3.63) is 29.8 Å². The molecular formula is C14H24N2O2. The number of nitrogens with two attached hydrogens (primary N) is 1. The van der Waals surface area contributed by atoms with E-state index >= 15 is 0 Å². The summed E-state index contributed by atoms with van der Waals surface area (Å²) in [4.78, 5) is 2.08. The van der Waals surface area contributed by atoms with E-state index in [4.69, 9.17) is 10.8 Å². The fourth-order valence-electron chi connectivity index (χ4n) is 1.93. The number of hydrogen-bond acceptors (Lipinski definition) is 4. The largest absolute Gasteiger partial charge is 0.399 e. The predicted molar refractivity (Wildman–Crippen MR) is 74.2 cm³/mol. The fourth-order valence-corrected chi connectivity index (χ4v) is 1.93. The fraction of sp³-hybridized carbons (Fsp3) is 0.571. The lowest BCUT2D eigenvalue weighted by atomic mass is 10.1. The Morgan fingerprint density at radius 1 is 1.33 bits per heavy atom. The minimum atomic E-state index is -0.558. The Hall–Kier alpha value is -1.10. The summed E-state index contributed by atoms with van der Waals surface area (Å²) in [5.74, 6) is 0. The maximum absolute atomic E-state index is 10.2. The Morgan fingerprint density at radius 2 is 2.11 bits per heavy atom. The molecule has 0 aliphatic rings. The minimum Gasteiger partial charge on any atom is -0.399 e. The van der Waals surface area contributed by atoms with Crippen molar-refractivity contribution in [1.29, 1.82) is 0 Å². The van der Waals surface area contributed by atoms with Gasteiger partial charge in [-0.05, 0) is 30.7 Å². The second kappa shape index (κ2) is 8.08. The zero-order valence-corrected chi connectivity index (χ0v) is 11.0. The Morgan fingerprint density at radius 3 is 2.72 bits per heavy atom. The molecule has 1 aromatic carbocycles. The van der Waals surface area contributed by atoms with Gasteiger partial charge in [0.2, 0.25) is 0 Å². The first-order chi connectivity index (χ1) is 8.67. The van der Waals surface area contributed by atoms with Crippen molar-refractivity contribution in [2.24, 2.45) is 0 Å². The van der Waals surface area contributed by atoms with Crippen LogP contribution in [0.5, 0.6) is 0 Å². The van der Waals surface area contributed by atoms with Gasteiger partial charge in [-0.3, -0.25) is 4.90 Å². The summed E-state index contributed by atoms with van der Waals surface area (Å²) in [6.07, 6.45) is 1.62. The van der Waals surface area contributed by atoms with E-state index < -0.39 is 6.10 Å². The first-order valence-electron chi connectivity index (χ1n) is 6.54. The normalized spacial score (nSPS) is 12.9. The summed E-state index contributed by atoms with van der Waals surface area (Å²) < 4.78 is 0. The molecule has 4 N–H and O–H groups in total. The number of unbranched alkanes of at least 4 members (excludes halogenated alkanes) is 1. The van der Waals surface area contributed by atoms with Crippen LogP contribution in [0.15, 0.2) is 24.3 Å². The van der Waals surface area contributed by atoms with Gasteiger partial charge < -0.3 is 15.9 Å². The zero-order valence-electron chi connectivity index (χ0n) is 11.0. The van der Waals surface area contributed by atoms with Crippen molar-refractivity contribution < 1.29 is 10.2 Å². The number of rotatable bonds is 8. The molecule has 0 aliphatic heterocycles. The summed E-state index contributed by atoms with van der Waals surface area (Å²) in [5, 5.41) is 19.2. The van der Waals surface area contributed by atoms with Gasteiger partial charge in [-0.1, -0.05) is 25.5 Å². The van der Waals surface area contributed by atoms with Crippen LogP contribution in [-0.4, -0.2) is 41.4 Å². The third-order valence-corrected chi connectivity index (χ3v) is 2.97. The van der Waals surface area contributed by atoms with E-state index in [1.165, 1.54) is 0 Å². The first-order valence-corrected chi connectivity index (χ1v) is 6.54. The van der Waals surface area contributed by atoms with E-state index in [-0.39, 0.29) is 6.61 Å². The van der Waals surface area contributed by atoms with Gasteiger partial charge in [0.1, 0.15) is 0 Å². The van der Waals surface area contributed by atoms with Gasteiger partial charge in [0, 0.05) is 18.8 Å². The van der Waals surface area contributed by atoms with Crippen LogP contribution < -0.4 is 5.73 Å². The Balaban J connectivity index is 2.56. The van der Waals surface area contributed by atoms with Crippen molar-refractivity contribution >= 4 is 5.69 Å². The van der Waals surface area contributed by atoms with E-state index in [0.717, 1.165) is 24.9 Å².